The monoisotopic (exact) mass is 433 g/mol. The van der Waals surface area contributed by atoms with E-state index < -0.39 is 11.2 Å². The van der Waals surface area contributed by atoms with E-state index >= 15 is 0 Å². The Balaban J connectivity index is 1.74. The van der Waals surface area contributed by atoms with E-state index in [0.717, 1.165) is 28.9 Å². The van der Waals surface area contributed by atoms with Crippen molar-refractivity contribution in [3.05, 3.63) is 78.9 Å². The number of nitrogens with two attached hydrogens (primary N) is 1. The Labute approximate surface area is 175 Å². The summed E-state index contributed by atoms with van der Waals surface area (Å²) in [6.45, 7) is 6.20. The van der Waals surface area contributed by atoms with Gasteiger partial charge in [0.05, 0.1) is 21.4 Å². The third-order valence-electron chi connectivity index (χ3n) is 4.84. The minimum absolute atomic E-state index is 0.175. The molecule has 1 saturated heterocycles. The van der Waals surface area contributed by atoms with E-state index in [-0.39, 0.29) is 27.3 Å². The molecule has 0 amide bonds. The third-order valence-corrected chi connectivity index (χ3v) is 5.41. The lowest BCUT2D eigenvalue weighted by Gasteiger charge is -2.30. The Morgan fingerprint density at radius 1 is 1.28 bits per heavy atom. The molecule has 3 N–H and O–H groups in total. The average molecular weight is 434 g/mol. The zero-order valence-corrected chi connectivity index (χ0v) is 16.9. The predicted molar refractivity (Wildman–Crippen MR) is 111 cm³/mol. The molecule has 3 heterocycles. The molecule has 1 atom stereocenters. The first-order valence-corrected chi connectivity index (χ1v) is 9.57. The number of nitrogens with one attached hydrogen (secondary N) is 1. The van der Waals surface area contributed by atoms with Crippen LogP contribution in [-0.4, -0.2) is 25.7 Å². The Bertz CT molecular complexity index is 1190. The molecule has 1 aromatic heterocycles. The van der Waals surface area contributed by atoms with Gasteiger partial charge in [-0.1, -0.05) is 29.8 Å². The van der Waals surface area contributed by atoms with E-state index in [1.54, 1.807) is 0 Å². The highest BCUT2D eigenvalue weighted by atomic mass is 35.5. The van der Waals surface area contributed by atoms with E-state index in [1.807, 2.05) is 12.2 Å². The number of hydrogen-bond donors (Lipinski definition) is 2. The van der Waals surface area contributed by atoms with Crippen molar-refractivity contribution in [1.29, 1.82) is 0 Å². The fourth-order valence-electron chi connectivity index (χ4n) is 3.46. The number of aromatic nitrogens is 3. The molecule has 0 unspecified atom stereocenters. The number of H-pyrrole nitrogens is 1. The van der Waals surface area contributed by atoms with Gasteiger partial charge >= 0.3 is 5.69 Å². The summed E-state index contributed by atoms with van der Waals surface area (Å²) in [5, 5.41) is 4.12. The van der Waals surface area contributed by atoms with E-state index in [9.17, 15) is 9.59 Å². The Hall–Kier alpha value is -2.97. The van der Waals surface area contributed by atoms with Gasteiger partial charge in [-0.05, 0) is 44.1 Å². The van der Waals surface area contributed by atoms with Gasteiger partial charge in [0.1, 0.15) is 5.76 Å². The molecular formula is C19H17Cl2N5O3. The van der Waals surface area contributed by atoms with Gasteiger partial charge in [-0.2, -0.15) is 4.68 Å². The normalized spacial score (nSPS) is 18.4. The van der Waals surface area contributed by atoms with Crippen molar-refractivity contribution in [2.45, 2.75) is 25.8 Å². The van der Waals surface area contributed by atoms with Crippen LogP contribution in [0.2, 0.25) is 10.0 Å². The van der Waals surface area contributed by atoms with Crippen molar-refractivity contribution in [2.75, 3.05) is 5.73 Å². The van der Waals surface area contributed by atoms with E-state index in [2.05, 4.69) is 28.5 Å². The second kappa shape index (κ2) is 7.13. The molecule has 10 heteroatoms. The van der Waals surface area contributed by atoms with Crippen LogP contribution in [0.25, 0.3) is 5.69 Å². The second-order valence-corrected chi connectivity index (χ2v) is 7.60. The van der Waals surface area contributed by atoms with Crippen LogP contribution in [0.3, 0.4) is 0 Å². The Kier molecular flexibility index (Phi) is 4.76. The van der Waals surface area contributed by atoms with E-state index in [0.29, 0.717) is 11.8 Å². The summed E-state index contributed by atoms with van der Waals surface area (Å²) in [5.74, 6) is 0.538. The van der Waals surface area contributed by atoms with Crippen molar-refractivity contribution < 1.29 is 4.74 Å². The molecule has 2 aliphatic heterocycles. The number of anilines is 1. The van der Waals surface area contributed by atoms with Crippen LogP contribution in [0.5, 0.6) is 5.75 Å². The summed E-state index contributed by atoms with van der Waals surface area (Å²) in [7, 11) is 0. The first-order chi connectivity index (χ1) is 13.8. The molecule has 4 rings (SSSR count). The highest BCUT2D eigenvalue weighted by Crippen LogP contribution is 2.41. The van der Waals surface area contributed by atoms with Crippen LogP contribution in [0, 0.1) is 0 Å². The number of nitrogens with zero attached hydrogens (tertiary/aromatic N) is 3. The number of rotatable bonds is 3. The number of ether oxygens (including phenoxy) is 1. The minimum atomic E-state index is -0.766. The smallest absolute Gasteiger partial charge is 0.349 e. The van der Waals surface area contributed by atoms with Crippen molar-refractivity contribution in [2.24, 2.45) is 0 Å². The van der Waals surface area contributed by atoms with Gasteiger partial charge in [0.2, 0.25) is 5.82 Å². The summed E-state index contributed by atoms with van der Waals surface area (Å²) in [6.07, 6.45) is 5.56. The fraction of sp³-hybridized carbons (Fsp3) is 0.211. The highest BCUT2D eigenvalue weighted by molar-refractivity contribution is 6.37. The minimum Gasteiger partial charge on any atom is -0.452 e. The molecular weight excluding hydrogens is 417 g/mol. The van der Waals surface area contributed by atoms with Gasteiger partial charge < -0.3 is 15.4 Å². The molecule has 0 spiro atoms. The van der Waals surface area contributed by atoms with Crippen LogP contribution in [0.4, 0.5) is 5.82 Å². The average Bonchev–Trinajstić information content (AvgIpc) is 3.05. The zero-order valence-electron chi connectivity index (χ0n) is 15.4. The highest BCUT2D eigenvalue weighted by Gasteiger charge is 2.31. The fourth-order valence-corrected chi connectivity index (χ4v) is 4.02. The lowest BCUT2D eigenvalue weighted by molar-refractivity contribution is 0.355. The number of nitrogen functional groups attached to an aromatic ring is 1. The van der Waals surface area contributed by atoms with Crippen LogP contribution in [0.1, 0.15) is 19.8 Å². The quantitative estimate of drug-likeness (QED) is 0.770. The largest absolute Gasteiger partial charge is 0.452 e. The van der Waals surface area contributed by atoms with Crippen molar-refractivity contribution >= 4 is 29.0 Å². The van der Waals surface area contributed by atoms with Gasteiger partial charge in [0.25, 0.3) is 5.56 Å². The van der Waals surface area contributed by atoms with Gasteiger partial charge in [0, 0.05) is 11.7 Å². The van der Waals surface area contributed by atoms with Gasteiger partial charge in [-0.15, -0.1) is 5.10 Å². The molecule has 0 bridgehead atoms. The molecule has 8 nitrogen and oxygen atoms in total. The maximum absolute atomic E-state index is 12.0. The Morgan fingerprint density at radius 2 is 1.97 bits per heavy atom. The lowest BCUT2D eigenvalue weighted by atomic mass is 10.2. The number of allylic oxidation sites excluding steroid dienone is 3. The third kappa shape index (κ3) is 3.34. The number of benzene rings is 1. The maximum Gasteiger partial charge on any atom is 0.349 e. The van der Waals surface area contributed by atoms with Gasteiger partial charge in [0.15, 0.2) is 5.75 Å². The molecule has 2 aliphatic rings. The molecule has 29 heavy (non-hydrogen) atoms. The first-order valence-electron chi connectivity index (χ1n) is 8.82. The SMILES string of the molecule is C=C1C=CC(Oc2c(Cl)cc(-n3nc(N)c(=O)[nH]c3=O)cc2Cl)=C2CC[C@@H](C)N12. The number of fused-ring (bicyclic) bond motifs is 1. The number of hydrogen-bond acceptors (Lipinski definition) is 6. The van der Waals surface area contributed by atoms with Crippen LogP contribution >= 0.6 is 23.2 Å². The molecule has 1 aromatic carbocycles. The summed E-state index contributed by atoms with van der Waals surface area (Å²) in [6, 6.07) is 3.25. The predicted octanol–water partition coefficient (Wildman–Crippen LogP) is 2.97. The molecule has 150 valence electrons. The van der Waals surface area contributed by atoms with Crippen molar-refractivity contribution in [3.8, 4) is 11.4 Å². The van der Waals surface area contributed by atoms with Gasteiger partial charge in [-0.25, -0.2) is 4.79 Å². The second-order valence-electron chi connectivity index (χ2n) is 6.79. The van der Waals surface area contributed by atoms with Gasteiger partial charge in [-0.3, -0.25) is 9.78 Å². The molecule has 2 aromatic rings. The van der Waals surface area contributed by atoms with E-state index in [4.69, 9.17) is 33.7 Å². The van der Waals surface area contributed by atoms with Crippen molar-refractivity contribution in [3.63, 3.8) is 0 Å². The summed E-state index contributed by atoms with van der Waals surface area (Å²) in [5.41, 5.74) is 6.13. The Morgan fingerprint density at radius 3 is 2.66 bits per heavy atom. The van der Waals surface area contributed by atoms with Crippen LogP contribution in [-0.2, 0) is 0 Å². The summed E-state index contributed by atoms with van der Waals surface area (Å²) < 4.78 is 6.96. The zero-order chi connectivity index (χ0) is 20.9. The molecule has 0 aliphatic carbocycles. The number of halogens is 2. The van der Waals surface area contributed by atoms with Crippen molar-refractivity contribution in [1.82, 2.24) is 19.7 Å². The van der Waals surface area contributed by atoms with Crippen LogP contribution < -0.4 is 21.7 Å². The number of aromatic amines is 1. The maximum atomic E-state index is 12.0. The molecule has 1 fully saturated rings. The summed E-state index contributed by atoms with van der Waals surface area (Å²) >= 11 is 12.8. The topological polar surface area (TPSA) is 106 Å². The lowest BCUT2D eigenvalue weighted by Crippen LogP contribution is -2.33. The molecule has 0 saturated carbocycles. The first kappa shape index (κ1) is 19.4. The van der Waals surface area contributed by atoms with Crippen LogP contribution in [0.15, 0.2) is 57.6 Å². The standard InChI is InChI=1S/C19H17Cl2N5O3/c1-9-3-5-14-15(6-4-10(2)25(9)14)29-16-12(20)7-11(8-13(16)21)26-19(28)23-18(27)17(22)24-26/h4,6-9H,2-3,5H2,1H3,(H2,22,24)(H,23,27,28)/t9-/m1/s1. The molecule has 0 radical (unpaired) electrons. The van der Waals surface area contributed by atoms with E-state index in [1.165, 1.54) is 12.1 Å². The summed E-state index contributed by atoms with van der Waals surface area (Å²) in [4.78, 5) is 27.7.